The number of rotatable bonds is 5. The molecule has 1 N–H and O–H groups in total. The molecular formula is C16H24N2O2S. The second kappa shape index (κ2) is 6.71. The lowest BCUT2D eigenvalue weighted by atomic mass is 10.0. The molecule has 0 aliphatic carbocycles. The third-order valence-electron chi connectivity index (χ3n) is 4.02. The first-order valence-corrected chi connectivity index (χ1v) is 8.97. The molecule has 0 saturated carbocycles. The number of nitrogens with one attached hydrogen (secondary N) is 1. The van der Waals surface area contributed by atoms with E-state index in [1.807, 2.05) is 6.92 Å². The number of nitrogens with zero attached hydrogens (tertiary/aromatic N) is 1. The number of hydrogen-bond acceptors (Lipinski definition) is 3. The Labute approximate surface area is 129 Å². The quantitative estimate of drug-likeness (QED) is 0.905. The maximum atomic E-state index is 12.1. The zero-order valence-corrected chi connectivity index (χ0v) is 13.9. The molecule has 3 atom stereocenters. The van der Waals surface area contributed by atoms with E-state index in [4.69, 9.17) is 0 Å². The Balaban J connectivity index is 2.17. The summed E-state index contributed by atoms with van der Waals surface area (Å²) in [5.41, 5.74) is 2.37. The fourth-order valence-corrected chi connectivity index (χ4v) is 2.86. The first-order chi connectivity index (χ1) is 9.90. The van der Waals surface area contributed by atoms with Crippen LogP contribution in [0.4, 0.5) is 0 Å². The number of carbonyl (C=O) groups is 1. The van der Waals surface area contributed by atoms with Gasteiger partial charge in [0.25, 0.3) is 0 Å². The van der Waals surface area contributed by atoms with E-state index < -0.39 is 10.8 Å². The Morgan fingerprint density at radius 2 is 1.90 bits per heavy atom. The van der Waals surface area contributed by atoms with Crippen LogP contribution in [-0.4, -0.2) is 39.6 Å². The van der Waals surface area contributed by atoms with Gasteiger partial charge in [-0.15, -0.1) is 0 Å². The summed E-state index contributed by atoms with van der Waals surface area (Å²) in [6, 6.07) is 8.38. The van der Waals surface area contributed by atoms with E-state index in [9.17, 15) is 9.00 Å². The van der Waals surface area contributed by atoms with Crippen molar-refractivity contribution in [3.05, 3.63) is 35.4 Å². The van der Waals surface area contributed by atoms with Crippen molar-refractivity contribution in [1.29, 1.82) is 0 Å². The van der Waals surface area contributed by atoms with E-state index in [1.165, 1.54) is 5.56 Å². The van der Waals surface area contributed by atoms with Gasteiger partial charge in [-0.3, -0.25) is 14.3 Å². The van der Waals surface area contributed by atoms with Crippen molar-refractivity contribution in [1.82, 2.24) is 10.2 Å². The number of hydrogen-bond donors (Lipinski definition) is 1. The van der Waals surface area contributed by atoms with E-state index in [0.29, 0.717) is 19.0 Å². The molecule has 1 aromatic carbocycles. The second-order valence-corrected chi connectivity index (χ2v) is 7.76. The molecule has 1 saturated heterocycles. The topological polar surface area (TPSA) is 49.4 Å². The molecule has 0 bridgehead atoms. The van der Waals surface area contributed by atoms with E-state index in [1.54, 1.807) is 11.2 Å². The van der Waals surface area contributed by atoms with Gasteiger partial charge >= 0.3 is 0 Å². The van der Waals surface area contributed by atoms with Crippen molar-refractivity contribution in [2.75, 3.05) is 19.3 Å². The van der Waals surface area contributed by atoms with Gasteiger partial charge in [-0.05, 0) is 24.0 Å². The lowest BCUT2D eigenvalue weighted by molar-refractivity contribution is -0.128. The number of benzene rings is 1. The molecule has 5 heteroatoms. The van der Waals surface area contributed by atoms with Crippen LogP contribution < -0.4 is 5.32 Å². The SMILES string of the molecule is CC(C)c1ccc(C2NCC(=O)N2CC(C)S(C)=O)cc1. The molecule has 1 aromatic rings. The molecule has 21 heavy (non-hydrogen) atoms. The minimum absolute atomic E-state index is 0.0220. The van der Waals surface area contributed by atoms with Gasteiger partial charge in [-0.25, -0.2) is 0 Å². The second-order valence-electron chi connectivity index (χ2n) is 5.96. The average Bonchev–Trinajstić information content (AvgIpc) is 2.80. The normalized spacial score (nSPS) is 21.9. The van der Waals surface area contributed by atoms with Crippen LogP contribution in [0.3, 0.4) is 0 Å². The molecule has 1 aliphatic rings. The van der Waals surface area contributed by atoms with E-state index in [0.717, 1.165) is 5.56 Å². The lowest BCUT2D eigenvalue weighted by Gasteiger charge is -2.27. The molecule has 3 unspecified atom stereocenters. The molecular weight excluding hydrogens is 284 g/mol. The fraction of sp³-hybridized carbons (Fsp3) is 0.562. The van der Waals surface area contributed by atoms with Crippen molar-refractivity contribution < 1.29 is 9.00 Å². The average molecular weight is 308 g/mol. The summed E-state index contributed by atoms with van der Waals surface area (Å²) in [6.07, 6.45) is 1.58. The van der Waals surface area contributed by atoms with Gasteiger partial charge in [-0.1, -0.05) is 38.1 Å². The Kier molecular flexibility index (Phi) is 5.17. The van der Waals surface area contributed by atoms with E-state index in [-0.39, 0.29) is 17.3 Å². The van der Waals surface area contributed by atoms with Crippen LogP contribution >= 0.6 is 0 Å². The Bertz CT molecular complexity index is 528. The molecule has 4 nitrogen and oxygen atoms in total. The van der Waals surface area contributed by atoms with E-state index >= 15 is 0 Å². The highest BCUT2D eigenvalue weighted by molar-refractivity contribution is 7.84. The molecule has 0 aromatic heterocycles. The molecule has 1 amide bonds. The summed E-state index contributed by atoms with van der Waals surface area (Å²) in [7, 11) is -0.924. The number of carbonyl (C=O) groups excluding carboxylic acids is 1. The highest BCUT2D eigenvalue weighted by Crippen LogP contribution is 2.25. The summed E-state index contributed by atoms with van der Waals surface area (Å²) in [4.78, 5) is 13.9. The third kappa shape index (κ3) is 3.71. The van der Waals surface area contributed by atoms with Gasteiger partial charge in [-0.2, -0.15) is 0 Å². The molecule has 2 rings (SSSR count). The zero-order chi connectivity index (χ0) is 15.6. The molecule has 1 heterocycles. The van der Waals surface area contributed by atoms with Gasteiger partial charge in [0, 0.05) is 28.9 Å². The monoisotopic (exact) mass is 308 g/mol. The molecule has 0 spiro atoms. The summed E-state index contributed by atoms with van der Waals surface area (Å²) < 4.78 is 11.6. The molecule has 116 valence electrons. The van der Waals surface area contributed by atoms with Gasteiger partial charge < -0.3 is 4.90 Å². The first kappa shape index (κ1) is 16.2. The Morgan fingerprint density at radius 1 is 1.29 bits per heavy atom. The maximum absolute atomic E-state index is 12.1. The lowest BCUT2D eigenvalue weighted by Crippen LogP contribution is -2.37. The van der Waals surface area contributed by atoms with Gasteiger partial charge in [0.15, 0.2) is 0 Å². The third-order valence-corrected chi connectivity index (χ3v) is 5.30. The van der Waals surface area contributed by atoms with Crippen LogP contribution in [0.15, 0.2) is 24.3 Å². The van der Waals surface area contributed by atoms with Crippen LogP contribution in [0, 0.1) is 0 Å². The summed E-state index contributed by atoms with van der Waals surface area (Å²) in [5.74, 6) is 0.570. The van der Waals surface area contributed by atoms with Crippen molar-refractivity contribution in [3.63, 3.8) is 0 Å². The van der Waals surface area contributed by atoms with Gasteiger partial charge in [0.05, 0.1) is 6.54 Å². The molecule has 0 radical (unpaired) electrons. The largest absolute Gasteiger partial charge is 0.321 e. The summed E-state index contributed by atoms with van der Waals surface area (Å²) in [5, 5.41) is 3.22. The van der Waals surface area contributed by atoms with E-state index in [2.05, 4.69) is 43.4 Å². The van der Waals surface area contributed by atoms with Gasteiger partial charge in [0.2, 0.25) is 5.91 Å². The zero-order valence-electron chi connectivity index (χ0n) is 13.1. The highest BCUT2D eigenvalue weighted by Gasteiger charge is 2.32. The van der Waals surface area contributed by atoms with Crippen LogP contribution in [0.5, 0.6) is 0 Å². The minimum atomic E-state index is -0.924. The minimum Gasteiger partial charge on any atom is -0.321 e. The Morgan fingerprint density at radius 3 is 2.43 bits per heavy atom. The van der Waals surface area contributed by atoms with Crippen LogP contribution in [-0.2, 0) is 15.6 Å². The van der Waals surface area contributed by atoms with Crippen molar-refractivity contribution in [2.24, 2.45) is 0 Å². The standard InChI is InChI=1S/C16H24N2O2S/c1-11(2)13-5-7-14(8-6-13)16-17-9-15(19)18(16)10-12(3)21(4)20/h5-8,11-12,16-17H,9-10H2,1-4H3. The summed E-state index contributed by atoms with van der Waals surface area (Å²) in [6.45, 7) is 7.11. The Hall–Kier alpha value is -1.20. The first-order valence-electron chi connectivity index (χ1n) is 7.35. The highest BCUT2D eigenvalue weighted by atomic mass is 32.2. The fourth-order valence-electron chi connectivity index (χ4n) is 2.49. The summed E-state index contributed by atoms with van der Waals surface area (Å²) >= 11 is 0. The predicted octanol–water partition coefficient (Wildman–Crippen LogP) is 2.01. The van der Waals surface area contributed by atoms with Crippen molar-refractivity contribution in [2.45, 2.75) is 38.1 Å². The van der Waals surface area contributed by atoms with Crippen molar-refractivity contribution >= 4 is 16.7 Å². The predicted molar refractivity (Wildman–Crippen MR) is 86.5 cm³/mol. The maximum Gasteiger partial charge on any atom is 0.238 e. The number of amides is 1. The van der Waals surface area contributed by atoms with Crippen LogP contribution in [0.1, 0.15) is 44.0 Å². The van der Waals surface area contributed by atoms with Crippen molar-refractivity contribution in [3.8, 4) is 0 Å². The smallest absolute Gasteiger partial charge is 0.238 e. The van der Waals surface area contributed by atoms with Crippen LogP contribution in [0.25, 0.3) is 0 Å². The van der Waals surface area contributed by atoms with Crippen LogP contribution in [0.2, 0.25) is 0 Å². The van der Waals surface area contributed by atoms with Gasteiger partial charge in [0.1, 0.15) is 6.17 Å². The molecule has 1 aliphatic heterocycles. The molecule has 1 fully saturated rings.